The lowest BCUT2D eigenvalue weighted by Gasteiger charge is -2.15. The van der Waals surface area contributed by atoms with Crippen molar-refractivity contribution in [2.75, 3.05) is 0 Å². The average molecular weight is 747 g/mol. The van der Waals surface area contributed by atoms with Crippen LogP contribution >= 0.6 is 45.3 Å². The summed E-state index contributed by atoms with van der Waals surface area (Å²) in [6.45, 7) is 4.22. The predicted molar refractivity (Wildman–Crippen MR) is 203 cm³/mol. The number of aromatic nitrogens is 4. The Morgan fingerprint density at radius 2 is 1.22 bits per heavy atom. The van der Waals surface area contributed by atoms with Crippen molar-refractivity contribution < 1.29 is 19.2 Å². The van der Waals surface area contributed by atoms with Crippen LogP contribution in [-0.4, -0.2) is 55.4 Å². The third-order valence-corrected chi connectivity index (χ3v) is 11.4. The number of Topliss-reactive ketones (excluding diaryl/α,β-unsaturated/α-hetero) is 2. The van der Waals surface area contributed by atoms with Gasteiger partial charge >= 0.3 is 0 Å². The maximum absolute atomic E-state index is 12.9. The highest BCUT2D eigenvalue weighted by Gasteiger charge is 2.27. The molecule has 6 rings (SSSR count). The standard InChI is InChI=1S/2C18H19N3O2S2/c1-2-3-4-8-13(20-17(23)15-10-19-11-24-15)16(22)18-21-12-7-5-6-9-14(12)25-18;1-2-3-4-8-13(20-16(23)18-19-10-11-24-18)15(22)17-21-12-7-5-6-9-14(12)25-17/h2*5-7,9-11,13H,2-4,8H2,1H3,(H,20,23)/t2*13-/m00/s1. The van der Waals surface area contributed by atoms with Gasteiger partial charge in [0.15, 0.2) is 15.0 Å². The number of hydrogen-bond donors (Lipinski definition) is 2. The maximum Gasteiger partial charge on any atom is 0.280 e. The van der Waals surface area contributed by atoms with Crippen molar-refractivity contribution in [1.29, 1.82) is 0 Å². The third kappa shape index (κ3) is 9.93. The minimum absolute atomic E-state index is 0.116. The Labute approximate surface area is 306 Å². The zero-order chi connectivity index (χ0) is 35.3. The second-order valence-corrected chi connectivity index (χ2v) is 15.3. The van der Waals surface area contributed by atoms with Gasteiger partial charge in [0.05, 0.1) is 44.2 Å². The summed E-state index contributed by atoms with van der Waals surface area (Å²) in [5.74, 6) is -0.790. The number of carbonyl (C=O) groups is 4. The molecule has 2 aromatic carbocycles. The molecular weight excluding hydrogens is 709 g/mol. The molecule has 0 saturated carbocycles. The first-order valence-corrected chi connectivity index (χ1v) is 20.0. The predicted octanol–water partition coefficient (Wildman–Crippen LogP) is 8.63. The molecule has 0 aliphatic heterocycles. The Bertz CT molecular complexity index is 1790. The molecule has 50 heavy (non-hydrogen) atoms. The van der Waals surface area contributed by atoms with Gasteiger partial charge in [0.2, 0.25) is 11.6 Å². The quantitative estimate of drug-likeness (QED) is 0.0740. The van der Waals surface area contributed by atoms with E-state index in [1.54, 1.807) is 17.1 Å². The first-order chi connectivity index (χ1) is 24.4. The van der Waals surface area contributed by atoms with Gasteiger partial charge in [0, 0.05) is 11.6 Å². The van der Waals surface area contributed by atoms with Crippen molar-refractivity contribution in [1.82, 2.24) is 30.6 Å². The number of fused-ring (bicyclic) bond motifs is 2. The van der Waals surface area contributed by atoms with E-state index in [-0.39, 0.29) is 23.4 Å². The molecule has 0 radical (unpaired) electrons. The molecule has 14 heteroatoms. The molecule has 0 saturated heterocycles. The molecular formula is C36H38N6O4S4. The van der Waals surface area contributed by atoms with Crippen LogP contribution in [0, 0.1) is 0 Å². The van der Waals surface area contributed by atoms with Gasteiger partial charge in [0.25, 0.3) is 11.8 Å². The van der Waals surface area contributed by atoms with Crippen LogP contribution in [0.3, 0.4) is 0 Å². The molecule has 4 heterocycles. The summed E-state index contributed by atoms with van der Waals surface area (Å²) in [6, 6.07) is 14.2. The van der Waals surface area contributed by atoms with Gasteiger partial charge in [-0.15, -0.1) is 45.3 Å². The Morgan fingerprint density at radius 3 is 1.68 bits per heavy atom. The van der Waals surface area contributed by atoms with E-state index in [1.807, 2.05) is 48.5 Å². The zero-order valence-corrected chi connectivity index (χ0v) is 31.1. The van der Waals surface area contributed by atoms with E-state index in [2.05, 4.69) is 44.4 Å². The van der Waals surface area contributed by atoms with Gasteiger partial charge in [-0.25, -0.2) is 15.0 Å². The fourth-order valence-corrected chi connectivity index (χ4v) is 8.08. The number of nitrogens with one attached hydrogen (secondary N) is 2. The van der Waals surface area contributed by atoms with E-state index >= 15 is 0 Å². The first-order valence-electron chi connectivity index (χ1n) is 16.6. The second-order valence-electron chi connectivity index (χ2n) is 11.4. The normalized spacial score (nSPS) is 12.2. The molecule has 4 aromatic heterocycles. The summed E-state index contributed by atoms with van der Waals surface area (Å²) in [7, 11) is 0. The molecule has 2 amide bonds. The molecule has 0 unspecified atom stereocenters. The Hall–Kier alpha value is -4.24. The number of benzene rings is 2. The second kappa shape index (κ2) is 18.7. The van der Waals surface area contributed by atoms with Crippen molar-refractivity contribution in [3.05, 3.63) is 91.7 Å². The lowest BCUT2D eigenvalue weighted by Crippen LogP contribution is -2.40. The molecule has 6 aromatic rings. The number of carbonyl (C=O) groups excluding carboxylic acids is 4. The first kappa shape index (κ1) is 37.0. The van der Waals surface area contributed by atoms with Crippen LogP contribution in [0.25, 0.3) is 20.4 Å². The molecule has 2 atom stereocenters. The van der Waals surface area contributed by atoms with Crippen LogP contribution in [0.5, 0.6) is 0 Å². The Morgan fingerprint density at radius 1 is 0.680 bits per heavy atom. The smallest absolute Gasteiger partial charge is 0.280 e. The number of amides is 2. The molecule has 0 bridgehead atoms. The molecule has 0 aliphatic carbocycles. The number of rotatable bonds is 16. The summed E-state index contributed by atoms with van der Waals surface area (Å²) >= 11 is 5.28. The van der Waals surface area contributed by atoms with Crippen LogP contribution in [0.1, 0.15) is 104 Å². The summed E-state index contributed by atoms with van der Waals surface area (Å²) < 4.78 is 1.95. The molecule has 10 nitrogen and oxygen atoms in total. The van der Waals surface area contributed by atoms with E-state index in [0.29, 0.717) is 32.7 Å². The van der Waals surface area contributed by atoms with Crippen LogP contribution < -0.4 is 10.6 Å². The SMILES string of the molecule is CCCCC[C@H](NC(=O)c1cncs1)C(=O)c1nc2ccccc2s1.CCCCC[C@H](NC(=O)c1nccs1)C(=O)c1nc2ccccc2s1. The van der Waals surface area contributed by atoms with E-state index in [4.69, 9.17) is 0 Å². The van der Waals surface area contributed by atoms with Crippen LogP contribution in [-0.2, 0) is 0 Å². The Kier molecular flexibility index (Phi) is 13.8. The molecule has 0 fully saturated rings. The van der Waals surface area contributed by atoms with Gasteiger partial charge in [-0.3, -0.25) is 24.2 Å². The molecule has 0 aliphatic rings. The van der Waals surface area contributed by atoms with Crippen LogP contribution in [0.4, 0.5) is 0 Å². The highest BCUT2D eigenvalue weighted by molar-refractivity contribution is 7.20. The molecule has 260 valence electrons. The molecule has 2 N–H and O–H groups in total. The number of para-hydroxylation sites is 2. The van der Waals surface area contributed by atoms with E-state index in [1.165, 1.54) is 51.5 Å². The monoisotopic (exact) mass is 746 g/mol. The molecule has 0 spiro atoms. The van der Waals surface area contributed by atoms with E-state index in [9.17, 15) is 19.2 Å². The number of unbranched alkanes of at least 4 members (excludes halogenated alkanes) is 4. The number of hydrogen-bond acceptors (Lipinski definition) is 12. The van der Waals surface area contributed by atoms with Crippen LogP contribution in [0.15, 0.2) is 71.8 Å². The zero-order valence-electron chi connectivity index (χ0n) is 27.8. The average Bonchev–Trinajstić information content (AvgIpc) is 3.97. The number of thiazole rings is 4. The topological polar surface area (TPSA) is 144 Å². The van der Waals surface area contributed by atoms with Gasteiger partial charge in [0.1, 0.15) is 4.88 Å². The highest BCUT2D eigenvalue weighted by atomic mass is 32.1. The van der Waals surface area contributed by atoms with E-state index in [0.717, 1.165) is 59.0 Å². The summed E-state index contributed by atoms with van der Waals surface area (Å²) in [5, 5.41) is 8.73. The van der Waals surface area contributed by atoms with Crippen molar-refractivity contribution in [2.45, 2.75) is 77.3 Å². The lowest BCUT2D eigenvalue weighted by atomic mass is 10.0. The number of ketones is 2. The summed E-state index contributed by atoms with van der Waals surface area (Å²) in [5.41, 5.74) is 3.24. The number of nitrogens with zero attached hydrogens (tertiary/aromatic N) is 4. The van der Waals surface area contributed by atoms with Crippen molar-refractivity contribution in [2.24, 2.45) is 0 Å². The van der Waals surface area contributed by atoms with Gasteiger partial charge < -0.3 is 10.6 Å². The minimum atomic E-state index is -0.566. The summed E-state index contributed by atoms with van der Waals surface area (Å²) in [4.78, 5) is 67.9. The minimum Gasteiger partial charge on any atom is -0.341 e. The summed E-state index contributed by atoms with van der Waals surface area (Å²) in [6.07, 6.45) is 10.3. The van der Waals surface area contributed by atoms with E-state index < -0.39 is 12.1 Å². The third-order valence-electron chi connectivity index (χ3n) is 7.73. The maximum atomic E-state index is 12.9. The largest absolute Gasteiger partial charge is 0.341 e. The van der Waals surface area contributed by atoms with Gasteiger partial charge in [-0.05, 0) is 37.1 Å². The van der Waals surface area contributed by atoms with Crippen LogP contribution in [0.2, 0.25) is 0 Å². The highest BCUT2D eigenvalue weighted by Crippen LogP contribution is 2.25. The lowest BCUT2D eigenvalue weighted by molar-refractivity contribution is 0.0851. The van der Waals surface area contributed by atoms with Gasteiger partial charge in [-0.1, -0.05) is 76.6 Å². The van der Waals surface area contributed by atoms with Crippen molar-refractivity contribution >= 4 is 89.2 Å². The fraction of sp³-hybridized carbons (Fsp3) is 0.333. The van der Waals surface area contributed by atoms with Gasteiger partial charge in [-0.2, -0.15) is 0 Å². The Balaban J connectivity index is 0.000000194. The van der Waals surface area contributed by atoms with Crippen molar-refractivity contribution in [3.8, 4) is 0 Å². The van der Waals surface area contributed by atoms with Crippen molar-refractivity contribution in [3.63, 3.8) is 0 Å². The fourth-order valence-electron chi connectivity index (χ4n) is 5.10.